The van der Waals surface area contributed by atoms with Crippen molar-refractivity contribution in [3.8, 4) is 11.1 Å². The highest BCUT2D eigenvalue weighted by atomic mass is 32.1. The van der Waals surface area contributed by atoms with Gasteiger partial charge in [0.1, 0.15) is 0 Å². The fourth-order valence-electron chi connectivity index (χ4n) is 1.65. The zero-order valence-corrected chi connectivity index (χ0v) is 10.4. The Balaban J connectivity index is 2.00. The monoisotopic (exact) mass is 231 g/mol. The average Bonchev–Trinajstić information content (AvgIpc) is 2.84. The SMILES string of the molecule is CCCNCc1ccc(-c2ccsc2)cc1. The number of nitrogens with one attached hydrogen (secondary N) is 1. The minimum Gasteiger partial charge on any atom is -0.313 e. The summed E-state index contributed by atoms with van der Waals surface area (Å²) >= 11 is 1.74. The first-order valence-electron chi connectivity index (χ1n) is 5.72. The van der Waals surface area contributed by atoms with E-state index in [4.69, 9.17) is 0 Å². The zero-order valence-electron chi connectivity index (χ0n) is 9.57. The highest BCUT2D eigenvalue weighted by Gasteiger charge is 1.97. The molecule has 0 fully saturated rings. The van der Waals surface area contributed by atoms with Crippen LogP contribution in [0.3, 0.4) is 0 Å². The third-order valence-electron chi connectivity index (χ3n) is 2.56. The number of benzene rings is 1. The van der Waals surface area contributed by atoms with Gasteiger partial charge in [0.05, 0.1) is 0 Å². The Morgan fingerprint density at radius 1 is 1.06 bits per heavy atom. The fraction of sp³-hybridized carbons (Fsp3) is 0.286. The molecule has 0 spiro atoms. The number of hydrogen-bond donors (Lipinski definition) is 1. The second kappa shape index (κ2) is 5.83. The predicted molar refractivity (Wildman–Crippen MR) is 71.8 cm³/mol. The molecule has 1 aromatic carbocycles. The fourth-order valence-corrected chi connectivity index (χ4v) is 2.32. The third-order valence-corrected chi connectivity index (χ3v) is 3.25. The van der Waals surface area contributed by atoms with Crippen LogP contribution in [0.2, 0.25) is 0 Å². The minimum absolute atomic E-state index is 0.970. The molecule has 0 saturated heterocycles. The van der Waals surface area contributed by atoms with Gasteiger partial charge in [0.25, 0.3) is 0 Å². The molecule has 0 aliphatic heterocycles. The van der Waals surface area contributed by atoms with E-state index in [1.807, 2.05) is 0 Å². The maximum atomic E-state index is 3.41. The third kappa shape index (κ3) is 2.94. The van der Waals surface area contributed by atoms with Crippen LogP contribution in [0.5, 0.6) is 0 Å². The summed E-state index contributed by atoms with van der Waals surface area (Å²) in [6, 6.07) is 11.0. The summed E-state index contributed by atoms with van der Waals surface area (Å²) in [5.41, 5.74) is 3.98. The van der Waals surface area contributed by atoms with Crippen molar-refractivity contribution in [3.05, 3.63) is 46.7 Å². The molecular weight excluding hydrogens is 214 g/mol. The summed E-state index contributed by atoms with van der Waals surface area (Å²) in [6.07, 6.45) is 1.19. The maximum absolute atomic E-state index is 3.41. The van der Waals surface area contributed by atoms with Gasteiger partial charge in [-0.2, -0.15) is 11.3 Å². The van der Waals surface area contributed by atoms with E-state index >= 15 is 0 Å². The van der Waals surface area contributed by atoms with Gasteiger partial charge in [0, 0.05) is 6.54 Å². The molecular formula is C14H17NS. The molecule has 2 aromatic rings. The van der Waals surface area contributed by atoms with Crippen molar-refractivity contribution in [1.29, 1.82) is 0 Å². The Hall–Kier alpha value is -1.12. The van der Waals surface area contributed by atoms with Crippen molar-refractivity contribution in [1.82, 2.24) is 5.32 Å². The van der Waals surface area contributed by atoms with Gasteiger partial charge in [-0.05, 0) is 46.5 Å². The standard InChI is InChI=1S/C14H17NS/c1-2-8-15-10-12-3-5-13(6-4-12)14-7-9-16-11-14/h3-7,9,11,15H,2,8,10H2,1H3. The van der Waals surface area contributed by atoms with Crippen molar-refractivity contribution in [2.75, 3.05) is 6.54 Å². The highest BCUT2D eigenvalue weighted by Crippen LogP contribution is 2.22. The molecule has 16 heavy (non-hydrogen) atoms. The summed E-state index contributed by atoms with van der Waals surface area (Å²) < 4.78 is 0. The van der Waals surface area contributed by atoms with Gasteiger partial charge < -0.3 is 5.32 Å². The van der Waals surface area contributed by atoms with Gasteiger partial charge >= 0.3 is 0 Å². The second-order valence-electron chi connectivity index (χ2n) is 3.89. The van der Waals surface area contributed by atoms with Gasteiger partial charge in [-0.1, -0.05) is 31.2 Å². The molecule has 1 heterocycles. The number of hydrogen-bond acceptors (Lipinski definition) is 2. The summed E-state index contributed by atoms with van der Waals surface area (Å²) in [6.45, 7) is 4.25. The van der Waals surface area contributed by atoms with E-state index < -0.39 is 0 Å². The number of thiophene rings is 1. The topological polar surface area (TPSA) is 12.0 Å². The van der Waals surface area contributed by atoms with E-state index in [9.17, 15) is 0 Å². The maximum Gasteiger partial charge on any atom is 0.0205 e. The Morgan fingerprint density at radius 3 is 2.50 bits per heavy atom. The normalized spacial score (nSPS) is 10.6. The molecule has 0 aliphatic carbocycles. The van der Waals surface area contributed by atoms with Crippen LogP contribution >= 0.6 is 11.3 Å². The molecule has 0 aliphatic rings. The first kappa shape index (κ1) is 11.4. The van der Waals surface area contributed by atoms with Crippen LogP contribution in [0.1, 0.15) is 18.9 Å². The van der Waals surface area contributed by atoms with Crippen molar-refractivity contribution in [3.63, 3.8) is 0 Å². The summed E-state index contributed by atoms with van der Waals surface area (Å²) in [4.78, 5) is 0. The van der Waals surface area contributed by atoms with Crippen LogP contribution < -0.4 is 5.32 Å². The lowest BCUT2D eigenvalue weighted by Gasteiger charge is -2.04. The molecule has 0 amide bonds. The minimum atomic E-state index is 0.970. The number of rotatable bonds is 5. The lowest BCUT2D eigenvalue weighted by molar-refractivity contribution is 0.675. The van der Waals surface area contributed by atoms with Crippen LogP contribution in [0.25, 0.3) is 11.1 Å². The van der Waals surface area contributed by atoms with Crippen molar-refractivity contribution in [2.24, 2.45) is 0 Å². The van der Waals surface area contributed by atoms with Gasteiger partial charge in [0.15, 0.2) is 0 Å². The summed E-state index contributed by atoms with van der Waals surface area (Å²) in [5, 5.41) is 7.71. The Kier molecular flexibility index (Phi) is 4.14. The van der Waals surface area contributed by atoms with Crippen LogP contribution in [0.4, 0.5) is 0 Å². The second-order valence-corrected chi connectivity index (χ2v) is 4.67. The molecule has 0 unspecified atom stereocenters. The van der Waals surface area contributed by atoms with E-state index in [1.165, 1.54) is 23.1 Å². The summed E-state index contributed by atoms with van der Waals surface area (Å²) in [5.74, 6) is 0. The Labute approximate surface area is 101 Å². The van der Waals surface area contributed by atoms with Crippen molar-refractivity contribution >= 4 is 11.3 Å². The van der Waals surface area contributed by atoms with Crippen molar-refractivity contribution < 1.29 is 0 Å². The van der Waals surface area contributed by atoms with Crippen LogP contribution in [0, 0.1) is 0 Å². The quantitative estimate of drug-likeness (QED) is 0.769. The van der Waals surface area contributed by atoms with Gasteiger partial charge in [0.2, 0.25) is 0 Å². The van der Waals surface area contributed by atoms with E-state index in [-0.39, 0.29) is 0 Å². The molecule has 84 valence electrons. The van der Waals surface area contributed by atoms with Crippen LogP contribution in [-0.2, 0) is 6.54 Å². The van der Waals surface area contributed by atoms with Gasteiger partial charge in [-0.15, -0.1) is 0 Å². The molecule has 1 N–H and O–H groups in total. The molecule has 1 nitrogen and oxygen atoms in total. The molecule has 0 atom stereocenters. The highest BCUT2D eigenvalue weighted by molar-refractivity contribution is 7.08. The van der Waals surface area contributed by atoms with Crippen LogP contribution in [-0.4, -0.2) is 6.54 Å². The van der Waals surface area contributed by atoms with Crippen LogP contribution in [0.15, 0.2) is 41.1 Å². The van der Waals surface area contributed by atoms with Gasteiger partial charge in [-0.25, -0.2) is 0 Å². The molecule has 2 heteroatoms. The average molecular weight is 231 g/mol. The molecule has 0 saturated carbocycles. The lowest BCUT2D eigenvalue weighted by Crippen LogP contribution is -2.13. The molecule has 1 aromatic heterocycles. The first-order valence-corrected chi connectivity index (χ1v) is 6.66. The van der Waals surface area contributed by atoms with E-state index in [1.54, 1.807) is 11.3 Å². The van der Waals surface area contributed by atoms with E-state index in [0.29, 0.717) is 0 Å². The largest absolute Gasteiger partial charge is 0.313 e. The van der Waals surface area contributed by atoms with E-state index in [2.05, 4.69) is 53.3 Å². The first-order chi connectivity index (χ1) is 7.90. The predicted octanol–water partition coefficient (Wildman–Crippen LogP) is 3.91. The summed E-state index contributed by atoms with van der Waals surface area (Å²) in [7, 11) is 0. The van der Waals surface area contributed by atoms with E-state index in [0.717, 1.165) is 13.1 Å². The smallest absolute Gasteiger partial charge is 0.0205 e. The lowest BCUT2D eigenvalue weighted by atomic mass is 10.1. The Morgan fingerprint density at radius 2 is 1.88 bits per heavy atom. The molecule has 0 bridgehead atoms. The van der Waals surface area contributed by atoms with Crippen molar-refractivity contribution in [2.45, 2.75) is 19.9 Å². The molecule has 0 radical (unpaired) electrons. The molecule has 2 rings (SSSR count). The van der Waals surface area contributed by atoms with Gasteiger partial charge in [-0.3, -0.25) is 0 Å². The Bertz CT molecular complexity index is 403. The zero-order chi connectivity index (χ0) is 11.2.